The summed E-state index contributed by atoms with van der Waals surface area (Å²) in [6.45, 7) is 14.6. The number of benzene rings is 3. The minimum absolute atomic E-state index is 0.0549. The summed E-state index contributed by atoms with van der Waals surface area (Å²) < 4.78 is 53.3. The maximum atomic E-state index is 14.0. The van der Waals surface area contributed by atoms with E-state index in [1.807, 2.05) is 20.8 Å². The molecule has 0 aromatic heterocycles. The Labute approximate surface area is 367 Å². The van der Waals surface area contributed by atoms with E-state index in [1.165, 1.54) is 0 Å². The van der Waals surface area contributed by atoms with E-state index in [-0.39, 0.29) is 67.5 Å². The highest BCUT2D eigenvalue weighted by Crippen LogP contribution is 2.65. The standard InChI is InChI=1S/C48H59N2O11P/c1-9-35(6)26-29-54-30-39-40(58-43(51)36-20-13-10-14-21-36)41(59-44(52)37-22-15-11-16-23-37)42(60-45(53)38-24-17-12-18-25-38)46(57-39)55-32-47(7)31-48(47,8)61-62(56-28-19-27-49)50(33(2)3)34(4)5/h1,10-18,20-25,33-35,39-42,46H,19,26,28-32H2,2-8H3. The summed E-state index contributed by atoms with van der Waals surface area (Å²) in [6.07, 6.45) is 0.316. The minimum Gasteiger partial charge on any atom is -0.452 e. The molecule has 0 spiro atoms. The van der Waals surface area contributed by atoms with Crippen LogP contribution in [0.4, 0.5) is 0 Å². The second-order valence-corrected chi connectivity index (χ2v) is 18.0. The fourth-order valence-corrected chi connectivity index (χ4v) is 9.07. The highest BCUT2D eigenvalue weighted by Gasteiger charge is 2.65. The molecule has 62 heavy (non-hydrogen) atoms. The van der Waals surface area contributed by atoms with Crippen LogP contribution in [0.5, 0.6) is 0 Å². The topological polar surface area (TPSA) is 152 Å². The van der Waals surface area contributed by atoms with Crippen molar-refractivity contribution >= 4 is 26.4 Å². The van der Waals surface area contributed by atoms with Gasteiger partial charge in [-0.3, -0.25) is 0 Å². The van der Waals surface area contributed by atoms with Crippen LogP contribution in [0.2, 0.25) is 0 Å². The SMILES string of the molecule is C#CC(C)CCOCC1OC(OCC2(C)CC2(C)OP(OCCC#N)N(C(C)C)C(C)C)C(OC(=O)c2ccccc2)C(OC(=O)c2ccccc2)C1OC(=O)c1ccccc1. The Morgan fingerprint density at radius 3 is 1.77 bits per heavy atom. The van der Waals surface area contributed by atoms with Crippen LogP contribution in [-0.4, -0.2) is 97.4 Å². The van der Waals surface area contributed by atoms with Gasteiger partial charge in [-0.15, -0.1) is 12.3 Å². The quantitative estimate of drug-likeness (QED) is 0.0312. The van der Waals surface area contributed by atoms with Crippen LogP contribution in [0.25, 0.3) is 0 Å². The molecule has 9 atom stereocenters. The molecule has 14 heteroatoms. The van der Waals surface area contributed by atoms with Crippen LogP contribution < -0.4 is 0 Å². The van der Waals surface area contributed by atoms with Gasteiger partial charge in [0.05, 0.1) is 54.6 Å². The van der Waals surface area contributed by atoms with Crippen molar-refractivity contribution in [1.82, 2.24) is 4.67 Å². The lowest BCUT2D eigenvalue weighted by molar-refractivity contribution is -0.303. The number of nitrogens with zero attached hydrogens (tertiary/aromatic N) is 2. The summed E-state index contributed by atoms with van der Waals surface area (Å²) in [4.78, 5) is 41.7. The first-order chi connectivity index (χ1) is 29.7. The Morgan fingerprint density at radius 1 is 0.790 bits per heavy atom. The number of carbonyl (C=O) groups excluding carboxylic acids is 3. The molecule has 2 fully saturated rings. The lowest BCUT2D eigenvalue weighted by atomic mass is 9.97. The van der Waals surface area contributed by atoms with Crippen molar-refractivity contribution < 1.29 is 51.9 Å². The Bertz CT molecular complexity index is 1980. The summed E-state index contributed by atoms with van der Waals surface area (Å²) in [5.74, 6) is 0.416. The first kappa shape index (κ1) is 48.3. The van der Waals surface area contributed by atoms with Crippen molar-refractivity contribution in [3.63, 3.8) is 0 Å². The van der Waals surface area contributed by atoms with E-state index in [1.54, 1.807) is 91.0 Å². The zero-order valence-corrected chi connectivity index (χ0v) is 37.5. The van der Waals surface area contributed by atoms with E-state index in [4.69, 9.17) is 43.9 Å². The number of nitriles is 1. The first-order valence-electron chi connectivity index (χ1n) is 21.1. The third-order valence-electron chi connectivity index (χ3n) is 11.0. The average molecular weight is 871 g/mol. The molecular formula is C48H59N2O11P. The van der Waals surface area contributed by atoms with Gasteiger partial charge in [0.25, 0.3) is 8.53 Å². The van der Waals surface area contributed by atoms with Gasteiger partial charge in [-0.1, -0.05) is 68.4 Å². The normalized spacial score (nSPS) is 25.3. The Hall–Kier alpha value is -4.69. The van der Waals surface area contributed by atoms with E-state index in [2.05, 4.69) is 44.4 Å². The Balaban J connectivity index is 1.51. The molecule has 1 saturated carbocycles. The van der Waals surface area contributed by atoms with Crippen LogP contribution >= 0.6 is 8.53 Å². The van der Waals surface area contributed by atoms with Crippen molar-refractivity contribution in [2.24, 2.45) is 11.3 Å². The zero-order chi connectivity index (χ0) is 44.9. The zero-order valence-electron chi connectivity index (χ0n) is 36.6. The molecule has 0 N–H and O–H groups in total. The second kappa shape index (κ2) is 22.6. The van der Waals surface area contributed by atoms with Gasteiger partial charge in [0.1, 0.15) is 6.10 Å². The second-order valence-electron chi connectivity index (χ2n) is 16.6. The molecule has 9 unspecified atom stereocenters. The molecule has 0 radical (unpaired) electrons. The fourth-order valence-electron chi connectivity index (χ4n) is 7.16. The summed E-state index contributed by atoms with van der Waals surface area (Å²) in [6, 6.07) is 27.4. The number of hydrogen-bond donors (Lipinski definition) is 0. The molecule has 0 amide bonds. The molecule has 1 heterocycles. The van der Waals surface area contributed by atoms with Gasteiger partial charge in [-0.05, 0) is 83.9 Å². The molecule has 332 valence electrons. The third-order valence-corrected chi connectivity index (χ3v) is 13.3. The molecule has 3 aromatic rings. The van der Waals surface area contributed by atoms with Gasteiger partial charge >= 0.3 is 17.9 Å². The molecule has 5 rings (SSSR count). The number of esters is 3. The summed E-state index contributed by atoms with van der Waals surface area (Å²) in [5, 5.41) is 9.24. The van der Waals surface area contributed by atoms with Crippen LogP contribution in [0.3, 0.4) is 0 Å². The van der Waals surface area contributed by atoms with E-state index in [9.17, 15) is 19.6 Å². The highest BCUT2D eigenvalue weighted by molar-refractivity contribution is 7.44. The Kier molecular flexibility index (Phi) is 17.6. The van der Waals surface area contributed by atoms with Crippen LogP contribution in [-0.2, 0) is 37.5 Å². The van der Waals surface area contributed by atoms with Crippen LogP contribution in [0.1, 0.15) is 98.8 Å². The lowest BCUT2D eigenvalue weighted by Crippen LogP contribution is -2.63. The predicted octanol–water partition coefficient (Wildman–Crippen LogP) is 8.54. The van der Waals surface area contributed by atoms with Gasteiger partial charge < -0.3 is 37.5 Å². The molecule has 1 aliphatic heterocycles. The monoisotopic (exact) mass is 870 g/mol. The summed E-state index contributed by atoms with van der Waals surface area (Å²) >= 11 is 0. The smallest absolute Gasteiger partial charge is 0.338 e. The molecule has 3 aromatic carbocycles. The molecule has 0 bridgehead atoms. The van der Waals surface area contributed by atoms with Gasteiger partial charge in [-0.2, -0.15) is 5.26 Å². The van der Waals surface area contributed by atoms with E-state index in [0.29, 0.717) is 12.8 Å². The average Bonchev–Trinajstić information content (AvgIpc) is 3.81. The Morgan fingerprint density at radius 2 is 1.29 bits per heavy atom. The van der Waals surface area contributed by atoms with Gasteiger partial charge in [0, 0.05) is 30.0 Å². The number of ether oxygens (including phenoxy) is 6. The number of terminal acetylenes is 1. The summed E-state index contributed by atoms with van der Waals surface area (Å²) in [7, 11) is -1.57. The maximum absolute atomic E-state index is 14.0. The first-order valence-corrected chi connectivity index (χ1v) is 22.2. The van der Waals surface area contributed by atoms with Gasteiger partial charge in [0.2, 0.25) is 0 Å². The van der Waals surface area contributed by atoms with Crippen LogP contribution in [0.15, 0.2) is 91.0 Å². The predicted molar refractivity (Wildman–Crippen MR) is 232 cm³/mol. The largest absolute Gasteiger partial charge is 0.452 e. The minimum atomic E-state index is -1.57. The molecule has 1 aliphatic carbocycles. The molecule has 2 aliphatic rings. The third kappa shape index (κ3) is 12.7. The van der Waals surface area contributed by atoms with Crippen molar-refractivity contribution in [3.8, 4) is 18.4 Å². The maximum Gasteiger partial charge on any atom is 0.338 e. The van der Waals surface area contributed by atoms with E-state index in [0.717, 1.165) is 0 Å². The number of rotatable bonds is 22. The van der Waals surface area contributed by atoms with Gasteiger partial charge in [-0.25, -0.2) is 19.1 Å². The van der Waals surface area contributed by atoms with E-state index >= 15 is 0 Å². The van der Waals surface area contributed by atoms with E-state index < -0.39 is 68.2 Å². The van der Waals surface area contributed by atoms with Crippen LogP contribution in [0, 0.1) is 35.0 Å². The van der Waals surface area contributed by atoms with Gasteiger partial charge in [0.15, 0.2) is 24.6 Å². The summed E-state index contributed by atoms with van der Waals surface area (Å²) in [5.41, 5.74) is -0.623. The number of hydrogen-bond acceptors (Lipinski definition) is 13. The van der Waals surface area contributed by atoms with Crippen molar-refractivity contribution in [2.45, 2.75) is 116 Å². The molecule has 13 nitrogen and oxygen atoms in total. The molecule has 1 saturated heterocycles. The van der Waals surface area contributed by atoms with Crippen molar-refractivity contribution in [3.05, 3.63) is 108 Å². The lowest BCUT2D eigenvalue weighted by Gasteiger charge is -2.44. The highest BCUT2D eigenvalue weighted by atomic mass is 31.2. The van der Waals surface area contributed by atoms with Crippen molar-refractivity contribution in [2.75, 3.05) is 26.4 Å². The number of carbonyl (C=O) groups is 3. The fraction of sp³-hybridized carbons (Fsp3) is 0.500. The van der Waals surface area contributed by atoms with Crippen molar-refractivity contribution in [1.29, 1.82) is 5.26 Å². The molecular weight excluding hydrogens is 812 g/mol.